The van der Waals surface area contributed by atoms with Crippen LogP contribution in [0.1, 0.15) is 11.7 Å². The van der Waals surface area contributed by atoms with E-state index in [1.54, 1.807) is 61.7 Å². The van der Waals surface area contributed by atoms with Gasteiger partial charge in [0.1, 0.15) is 17.8 Å². The molecule has 0 bridgehead atoms. The Morgan fingerprint density at radius 1 is 1.00 bits per heavy atom. The standard InChI is InChI=1S/C21H19NO6/c1-26-15-10-8-14(9-11-15)22-20(24)18-16(23)12-17(21(25)27-2)28-19(18)13-6-4-3-5-7-13/h3-12,18-19H,1-2H3,(H,22,24)/t18-,19+/m1/s1. The Bertz CT molecular complexity index is 904. The zero-order chi connectivity index (χ0) is 20.1. The van der Waals surface area contributed by atoms with E-state index in [1.165, 1.54) is 7.11 Å². The SMILES string of the molecule is COC(=O)C1=CC(=O)[C@@H](C(=O)Nc2ccc(OC)cc2)[C@H](c2ccccc2)O1. The van der Waals surface area contributed by atoms with Crippen LogP contribution in [0.15, 0.2) is 66.4 Å². The highest BCUT2D eigenvalue weighted by atomic mass is 16.6. The molecule has 0 spiro atoms. The minimum atomic E-state index is -1.15. The van der Waals surface area contributed by atoms with Crippen molar-refractivity contribution in [3.05, 3.63) is 72.0 Å². The average molecular weight is 381 g/mol. The first-order chi connectivity index (χ1) is 13.5. The normalized spacial score (nSPS) is 18.5. The van der Waals surface area contributed by atoms with Gasteiger partial charge in [-0.1, -0.05) is 30.3 Å². The number of rotatable bonds is 5. The number of carbonyl (C=O) groups excluding carboxylic acids is 3. The molecule has 0 aliphatic carbocycles. The van der Waals surface area contributed by atoms with E-state index in [9.17, 15) is 14.4 Å². The smallest absolute Gasteiger partial charge is 0.373 e. The highest BCUT2D eigenvalue weighted by molar-refractivity contribution is 6.14. The Balaban J connectivity index is 1.90. The fourth-order valence-electron chi connectivity index (χ4n) is 2.88. The third-order valence-electron chi connectivity index (χ3n) is 4.29. The van der Waals surface area contributed by atoms with E-state index in [0.717, 1.165) is 6.08 Å². The van der Waals surface area contributed by atoms with Crippen LogP contribution in [-0.4, -0.2) is 31.9 Å². The topological polar surface area (TPSA) is 90.9 Å². The maximum absolute atomic E-state index is 12.9. The molecule has 7 heteroatoms. The maximum Gasteiger partial charge on any atom is 0.373 e. The van der Waals surface area contributed by atoms with Crippen LogP contribution in [0.2, 0.25) is 0 Å². The molecule has 7 nitrogen and oxygen atoms in total. The summed E-state index contributed by atoms with van der Waals surface area (Å²) >= 11 is 0. The number of anilines is 1. The van der Waals surface area contributed by atoms with Crippen LogP contribution >= 0.6 is 0 Å². The second-order valence-corrected chi connectivity index (χ2v) is 6.05. The molecule has 2 aromatic carbocycles. The van der Waals surface area contributed by atoms with Crippen LogP contribution in [-0.2, 0) is 23.9 Å². The number of carbonyl (C=O) groups is 3. The van der Waals surface area contributed by atoms with Gasteiger partial charge in [0.15, 0.2) is 5.78 Å². The van der Waals surface area contributed by atoms with Gasteiger partial charge < -0.3 is 19.5 Å². The largest absolute Gasteiger partial charge is 0.497 e. The Morgan fingerprint density at radius 2 is 1.68 bits per heavy atom. The van der Waals surface area contributed by atoms with E-state index in [1.807, 2.05) is 0 Å². The molecule has 144 valence electrons. The van der Waals surface area contributed by atoms with E-state index in [-0.39, 0.29) is 5.76 Å². The van der Waals surface area contributed by atoms with Crippen LogP contribution in [0.5, 0.6) is 5.75 Å². The molecule has 0 saturated heterocycles. The molecule has 2 aromatic rings. The van der Waals surface area contributed by atoms with Crippen molar-refractivity contribution >= 4 is 23.3 Å². The van der Waals surface area contributed by atoms with Gasteiger partial charge in [-0.3, -0.25) is 9.59 Å². The van der Waals surface area contributed by atoms with Crippen LogP contribution in [0.25, 0.3) is 0 Å². The molecule has 1 N–H and O–H groups in total. The van der Waals surface area contributed by atoms with Crippen molar-refractivity contribution in [1.29, 1.82) is 0 Å². The molecular weight excluding hydrogens is 362 g/mol. The highest BCUT2D eigenvalue weighted by Crippen LogP contribution is 2.34. The Morgan fingerprint density at radius 3 is 2.29 bits per heavy atom. The zero-order valence-corrected chi connectivity index (χ0v) is 15.4. The predicted molar refractivity (Wildman–Crippen MR) is 100 cm³/mol. The van der Waals surface area contributed by atoms with Gasteiger partial charge >= 0.3 is 5.97 Å². The lowest BCUT2D eigenvalue weighted by atomic mass is 9.88. The summed E-state index contributed by atoms with van der Waals surface area (Å²) in [5.74, 6) is -2.59. The third-order valence-corrected chi connectivity index (χ3v) is 4.29. The van der Waals surface area contributed by atoms with E-state index in [0.29, 0.717) is 17.0 Å². The number of esters is 1. The molecule has 0 unspecified atom stereocenters. The number of amides is 1. The van der Waals surface area contributed by atoms with E-state index >= 15 is 0 Å². The summed E-state index contributed by atoms with van der Waals surface area (Å²) in [5, 5.41) is 2.71. The number of ether oxygens (including phenoxy) is 3. The third kappa shape index (κ3) is 4.03. The van der Waals surface area contributed by atoms with Crippen molar-refractivity contribution in [2.45, 2.75) is 6.10 Å². The maximum atomic E-state index is 12.9. The van der Waals surface area contributed by atoms with E-state index in [4.69, 9.17) is 9.47 Å². The lowest BCUT2D eigenvalue weighted by Crippen LogP contribution is -2.38. The lowest BCUT2D eigenvalue weighted by Gasteiger charge is -2.29. The van der Waals surface area contributed by atoms with Crippen molar-refractivity contribution in [3.63, 3.8) is 0 Å². The fraction of sp³-hybridized carbons (Fsp3) is 0.190. The van der Waals surface area contributed by atoms with Crippen molar-refractivity contribution < 1.29 is 28.6 Å². The summed E-state index contributed by atoms with van der Waals surface area (Å²) in [6.45, 7) is 0. The van der Waals surface area contributed by atoms with Crippen molar-refractivity contribution in [3.8, 4) is 5.75 Å². The van der Waals surface area contributed by atoms with Crippen LogP contribution < -0.4 is 10.1 Å². The van der Waals surface area contributed by atoms with Crippen LogP contribution in [0, 0.1) is 5.92 Å². The zero-order valence-electron chi connectivity index (χ0n) is 15.4. The second kappa shape index (κ2) is 8.39. The first kappa shape index (κ1) is 19.2. The van der Waals surface area contributed by atoms with Gasteiger partial charge in [0, 0.05) is 11.8 Å². The molecule has 0 aromatic heterocycles. The summed E-state index contributed by atoms with van der Waals surface area (Å²) in [4.78, 5) is 37.4. The predicted octanol–water partition coefficient (Wildman–Crippen LogP) is 2.65. The number of hydrogen-bond acceptors (Lipinski definition) is 6. The summed E-state index contributed by atoms with van der Waals surface area (Å²) in [6, 6.07) is 15.5. The minimum Gasteiger partial charge on any atom is -0.497 e. The molecule has 1 amide bonds. The first-order valence-corrected chi connectivity index (χ1v) is 8.54. The summed E-state index contributed by atoms with van der Waals surface area (Å²) < 4.78 is 15.4. The average Bonchev–Trinajstić information content (AvgIpc) is 2.73. The summed E-state index contributed by atoms with van der Waals surface area (Å²) in [7, 11) is 2.73. The monoisotopic (exact) mass is 381 g/mol. The molecule has 0 radical (unpaired) electrons. The molecule has 1 aliphatic heterocycles. The molecule has 0 saturated carbocycles. The summed E-state index contributed by atoms with van der Waals surface area (Å²) in [5.41, 5.74) is 1.10. The first-order valence-electron chi connectivity index (χ1n) is 8.54. The van der Waals surface area contributed by atoms with Gasteiger partial charge in [-0.25, -0.2) is 4.79 Å². The van der Waals surface area contributed by atoms with Crippen LogP contribution in [0.3, 0.4) is 0 Å². The fourth-order valence-corrected chi connectivity index (χ4v) is 2.88. The van der Waals surface area contributed by atoms with E-state index < -0.39 is 29.7 Å². The quantitative estimate of drug-likeness (QED) is 0.632. The number of allylic oxidation sites excluding steroid dienone is 1. The van der Waals surface area contributed by atoms with Gasteiger partial charge in [0.05, 0.1) is 14.2 Å². The molecule has 1 aliphatic rings. The highest BCUT2D eigenvalue weighted by Gasteiger charge is 2.41. The number of methoxy groups -OCH3 is 2. The van der Waals surface area contributed by atoms with Crippen molar-refractivity contribution in [2.75, 3.05) is 19.5 Å². The molecular formula is C21H19NO6. The summed E-state index contributed by atoms with van der Waals surface area (Å²) in [6.07, 6.45) is 0.0508. The minimum absolute atomic E-state index is 0.227. The molecule has 1 heterocycles. The molecule has 0 fully saturated rings. The van der Waals surface area contributed by atoms with Gasteiger partial charge in [0.25, 0.3) is 0 Å². The van der Waals surface area contributed by atoms with Crippen molar-refractivity contribution in [1.82, 2.24) is 0 Å². The molecule has 28 heavy (non-hydrogen) atoms. The van der Waals surface area contributed by atoms with Gasteiger partial charge in [-0.15, -0.1) is 0 Å². The molecule has 2 atom stereocenters. The number of ketones is 1. The molecule has 3 rings (SSSR count). The number of nitrogens with one attached hydrogen (secondary N) is 1. The van der Waals surface area contributed by atoms with Gasteiger partial charge in [0.2, 0.25) is 11.7 Å². The van der Waals surface area contributed by atoms with Gasteiger partial charge in [-0.2, -0.15) is 0 Å². The number of benzene rings is 2. The Hall–Kier alpha value is -3.61. The lowest BCUT2D eigenvalue weighted by molar-refractivity contribution is -0.148. The second-order valence-electron chi connectivity index (χ2n) is 6.05. The van der Waals surface area contributed by atoms with Gasteiger partial charge in [-0.05, 0) is 29.8 Å². The van der Waals surface area contributed by atoms with Crippen molar-refractivity contribution in [2.24, 2.45) is 5.92 Å². The number of hydrogen-bond donors (Lipinski definition) is 1. The van der Waals surface area contributed by atoms with E-state index in [2.05, 4.69) is 10.1 Å². The Kier molecular flexibility index (Phi) is 5.74. The van der Waals surface area contributed by atoms with Crippen LogP contribution in [0.4, 0.5) is 5.69 Å². The Labute approximate surface area is 161 Å².